The van der Waals surface area contributed by atoms with E-state index in [2.05, 4.69) is 5.32 Å². The van der Waals surface area contributed by atoms with Gasteiger partial charge in [-0.05, 0) is 25.3 Å². The SMILES string of the molecule is C[C@H](NC(=O)C1(C(N)=O)CC1)c1ccccc1. The van der Waals surface area contributed by atoms with Gasteiger partial charge in [-0.25, -0.2) is 0 Å². The minimum absolute atomic E-state index is 0.111. The third kappa shape index (κ3) is 2.16. The van der Waals surface area contributed by atoms with E-state index in [1.54, 1.807) is 0 Å². The zero-order valence-corrected chi connectivity index (χ0v) is 9.77. The van der Waals surface area contributed by atoms with Crippen LogP contribution < -0.4 is 11.1 Å². The number of carbonyl (C=O) groups is 2. The third-order valence-electron chi connectivity index (χ3n) is 3.30. The molecule has 0 bridgehead atoms. The first kappa shape index (κ1) is 11.6. The number of carbonyl (C=O) groups excluding carboxylic acids is 2. The summed E-state index contributed by atoms with van der Waals surface area (Å²) in [7, 11) is 0. The van der Waals surface area contributed by atoms with Gasteiger partial charge in [-0.3, -0.25) is 9.59 Å². The second kappa shape index (κ2) is 4.20. The second-order valence-electron chi connectivity index (χ2n) is 4.55. The highest BCUT2D eigenvalue weighted by Crippen LogP contribution is 2.45. The van der Waals surface area contributed by atoms with Crippen LogP contribution in [0.2, 0.25) is 0 Å². The van der Waals surface area contributed by atoms with E-state index in [1.165, 1.54) is 0 Å². The molecule has 1 atom stereocenters. The summed E-state index contributed by atoms with van der Waals surface area (Å²) in [6.07, 6.45) is 1.13. The van der Waals surface area contributed by atoms with Gasteiger partial charge in [0.2, 0.25) is 11.8 Å². The largest absolute Gasteiger partial charge is 0.369 e. The van der Waals surface area contributed by atoms with Crippen molar-refractivity contribution >= 4 is 11.8 Å². The fraction of sp³-hybridized carbons (Fsp3) is 0.385. The van der Waals surface area contributed by atoms with Crippen molar-refractivity contribution in [3.05, 3.63) is 35.9 Å². The topological polar surface area (TPSA) is 72.2 Å². The standard InChI is InChI=1S/C13H16N2O2/c1-9(10-5-3-2-4-6-10)15-12(17)13(7-8-13)11(14)16/h2-6,9H,7-8H2,1H3,(H2,14,16)(H,15,17)/t9-/m0/s1. The van der Waals surface area contributed by atoms with Crippen LogP contribution in [-0.4, -0.2) is 11.8 Å². The molecule has 90 valence electrons. The lowest BCUT2D eigenvalue weighted by Crippen LogP contribution is -2.41. The van der Waals surface area contributed by atoms with Crippen molar-refractivity contribution in [2.75, 3.05) is 0 Å². The number of hydrogen-bond acceptors (Lipinski definition) is 2. The fourth-order valence-corrected chi connectivity index (χ4v) is 1.87. The normalized spacial score (nSPS) is 18.2. The molecule has 0 spiro atoms. The summed E-state index contributed by atoms with van der Waals surface area (Å²) in [6.45, 7) is 1.89. The molecule has 4 nitrogen and oxygen atoms in total. The molecule has 0 saturated heterocycles. The monoisotopic (exact) mass is 232 g/mol. The van der Waals surface area contributed by atoms with Crippen molar-refractivity contribution < 1.29 is 9.59 Å². The predicted molar refractivity (Wildman–Crippen MR) is 63.9 cm³/mol. The van der Waals surface area contributed by atoms with Crippen LogP contribution in [0.15, 0.2) is 30.3 Å². The Kier molecular flexibility index (Phi) is 2.88. The van der Waals surface area contributed by atoms with Crippen LogP contribution in [0, 0.1) is 5.41 Å². The summed E-state index contributed by atoms with van der Waals surface area (Å²) in [6, 6.07) is 9.52. The van der Waals surface area contributed by atoms with Gasteiger partial charge in [0.15, 0.2) is 0 Å². The van der Waals surface area contributed by atoms with Crippen LogP contribution >= 0.6 is 0 Å². The second-order valence-corrected chi connectivity index (χ2v) is 4.55. The zero-order chi connectivity index (χ0) is 12.5. The summed E-state index contributed by atoms with van der Waals surface area (Å²) < 4.78 is 0. The van der Waals surface area contributed by atoms with Crippen LogP contribution in [0.1, 0.15) is 31.4 Å². The van der Waals surface area contributed by atoms with Crippen molar-refractivity contribution in [3.8, 4) is 0 Å². The highest BCUT2D eigenvalue weighted by molar-refractivity contribution is 6.07. The van der Waals surface area contributed by atoms with Gasteiger partial charge in [0.1, 0.15) is 5.41 Å². The molecule has 0 aromatic heterocycles. The van der Waals surface area contributed by atoms with E-state index < -0.39 is 11.3 Å². The molecule has 1 aliphatic carbocycles. The van der Waals surface area contributed by atoms with E-state index in [9.17, 15) is 9.59 Å². The minimum atomic E-state index is -0.941. The van der Waals surface area contributed by atoms with Crippen molar-refractivity contribution in [2.24, 2.45) is 11.1 Å². The van der Waals surface area contributed by atoms with Crippen LogP contribution in [0.5, 0.6) is 0 Å². The van der Waals surface area contributed by atoms with Gasteiger partial charge < -0.3 is 11.1 Å². The van der Waals surface area contributed by atoms with Crippen LogP contribution in [0.25, 0.3) is 0 Å². The maximum absolute atomic E-state index is 11.9. The lowest BCUT2D eigenvalue weighted by Gasteiger charge is -2.17. The Labute approximate surface area is 100 Å². The zero-order valence-electron chi connectivity index (χ0n) is 9.77. The van der Waals surface area contributed by atoms with Crippen molar-refractivity contribution in [1.82, 2.24) is 5.32 Å². The van der Waals surface area contributed by atoms with E-state index in [-0.39, 0.29) is 11.9 Å². The molecule has 2 rings (SSSR count). The van der Waals surface area contributed by atoms with Crippen molar-refractivity contribution in [1.29, 1.82) is 0 Å². The summed E-state index contributed by atoms with van der Waals surface area (Å²) in [5.74, 6) is -0.767. The Morgan fingerprint density at radius 1 is 1.29 bits per heavy atom. The predicted octanol–water partition coefficient (Wildman–Crippen LogP) is 1.13. The average Bonchev–Trinajstić information content (AvgIpc) is 3.11. The lowest BCUT2D eigenvalue weighted by molar-refractivity contribution is -0.135. The van der Waals surface area contributed by atoms with Gasteiger partial charge in [0.25, 0.3) is 0 Å². The quantitative estimate of drug-likeness (QED) is 0.764. The Bertz CT molecular complexity index is 438. The molecular formula is C13H16N2O2. The number of primary amides is 1. The molecule has 0 unspecified atom stereocenters. The van der Waals surface area contributed by atoms with Gasteiger partial charge in [0, 0.05) is 0 Å². The maximum Gasteiger partial charge on any atom is 0.236 e. The molecule has 1 aromatic rings. The van der Waals surface area contributed by atoms with E-state index in [1.807, 2.05) is 37.3 Å². The van der Waals surface area contributed by atoms with Crippen LogP contribution in [0.3, 0.4) is 0 Å². The molecular weight excluding hydrogens is 216 g/mol. The molecule has 2 amide bonds. The average molecular weight is 232 g/mol. The lowest BCUT2D eigenvalue weighted by atomic mass is 10.0. The van der Waals surface area contributed by atoms with Crippen molar-refractivity contribution in [2.45, 2.75) is 25.8 Å². The summed E-state index contributed by atoms with van der Waals surface area (Å²) in [4.78, 5) is 23.1. The summed E-state index contributed by atoms with van der Waals surface area (Å²) in [5.41, 5.74) is 5.32. The first-order valence-corrected chi connectivity index (χ1v) is 5.72. The molecule has 1 aromatic carbocycles. The summed E-state index contributed by atoms with van der Waals surface area (Å²) >= 11 is 0. The number of benzene rings is 1. The first-order chi connectivity index (χ1) is 8.06. The molecule has 1 saturated carbocycles. The van der Waals surface area contributed by atoms with Gasteiger partial charge in [-0.2, -0.15) is 0 Å². The molecule has 1 aliphatic rings. The van der Waals surface area contributed by atoms with Crippen LogP contribution in [-0.2, 0) is 9.59 Å². The molecule has 1 fully saturated rings. The first-order valence-electron chi connectivity index (χ1n) is 5.72. The molecule has 4 heteroatoms. The van der Waals surface area contributed by atoms with E-state index in [0.29, 0.717) is 12.8 Å². The number of rotatable bonds is 4. The van der Waals surface area contributed by atoms with Gasteiger partial charge in [-0.1, -0.05) is 30.3 Å². The molecule has 0 heterocycles. The van der Waals surface area contributed by atoms with E-state index in [0.717, 1.165) is 5.56 Å². The van der Waals surface area contributed by atoms with Crippen molar-refractivity contribution in [3.63, 3.8) is 0 Å². The number of amides is 2. The minimum Gasteiger partial charge on any atom is -0.369 e. The van der Waals surface area contributed by atoms with Gasteiger partial charge >= 0.3 is 0 Å². The number of nitrogens with two attached hydrogens (primary N) is 1. The molecule has 3 N–H and O–H groups in total. The molecule has 17 heavy (non-hydrogen) atoms. The highest BCUT2D eigenvalue weighted by Gasteiger charge is 2.55. The maximum atomic E-state index is 11.9. The van der Waals surface area contributed by atoms with Gasteiger partial charge in [-0.15, -0.1) is 0 Å². The van der Waals surface area contributed by atoms with Gasteiger partial charge in [0.05, 0.1) is 6.04 Å². The number of hydrogen-bond donors (Lipinski definition) is 2. The third-order valence-corrected chi connectivity index (χ3v) is 3.30. The summed E-state index contributed by atoms with van der Waals surface area (Å²) in [5, 5.41) is 2.84. The molecule has 0 radical (unpaired) electrons. The fourth-order valence-electron chi connectivity index (χ4n) is 1.87. The van der Waals surface area contributed by atoms with Crippen LogP contribution in [0.4, 0.5) is 0 Å². The highest BCUT2D eigenvalue weighted by atomic mass is 16.2. The van der Waals surface area contributed by atoms with E-state index >= 15 is 0 Å². The number of nitrogens with one attached hydrogen (secondary N) is 1. The Balaban J connectivity index is 2.03. The Morgan fingerprint density at radius 3 is 2.35 bits per heavy atom. The Morgan fingerprint density at radius 2 is 1.88 bits per heavy atom. The van der Waals surface area contributed by atoms with E-state index in [4.69, 9.17) is 5.73 Å². The smallest absolute Gasteiger partial charge is 0.236 e. The molecule has 0 aliphatic heterocycles. The Hall–Kier alpha value is -1.84.